The Morgan fingerprint density at radius 3 is 2.89 bits per heavy atom. The maximum absolute atomic E-state index is 11.4. The molecule has 1 aromatic heterocycles. The normalized spacial score (nSPS) is 12.5. The molecule has 102 valence electrons. The molecule has 2 N–H and O–H groups in total. The number of hydrogen-bond acceptors (Lipinski definition) is 6. The highest BCUT2D eigenvalue weighted by atomic mass is 16.5. The summed E-state index contributed by atoms with van der Waals surface area (Å²) in [6, 6.07) is 0.0800. The van der Waals surface area contributed by atoms with Crippen molar-refractivity contribution in [3.63, 3.8) is 0 Å². The highest BCUT2D eigenvalue weighted by molar-refractivity contribution is 5.87. The number of ether oxygens (including phenoxy) is 1. The molecule has 0 radical (unpaired) electrons. The van der Waals surface area contributed by atoms with Gasteiger partial charge in [0.25, 0.3) is 6.01 Å². The van der Waals surface area contributed by atoms with Gasteiger partial charge in [0.2, 0.25) is 0 Å². The number of aliphatic hydroxyl groups excluding tert-OH is 1. The number of nitrogens with zero attached hydrogens (tertiary/aromatic N) is 1. The van der Waals surface area contributed by atoms with Crippen molar-refractivity contribution in [2.24, 2.45) is 5.92 Å². The predicted molar refractivity (Wildman–Crippen MR) is 66.4 cm³/mol. The fourth-order valence-corrected chi connectivity index (χ4v) is 1.56. The highest BCUT2D eigenvalue weighted by Gasteiger charge is 2.16. The smallest absolute Gasteiger partial charge is 0.360 e. The fourth-order valence-electron chi connectivity index (χ4n) is 1.56. The van der Waals surface area contributed by atoms with Gasteiger partial charge in [0.1, 0.15) is 6.26 Å². The molecule has 1 heterocycles. The fraction of sp³-hybridized carbons (Fsp3) is 0.667. The van der Waals surface area contributed by atoms with E-state index in [-0.39, 0.29) is 24.4 Å². The summed E-state index contributed by atoms with van der Waals surface area (Å²) in [6.07, 6.45) is 2.03. The van der Waals surface area contributed by atoms with E-state index in [0.29, 0.717) is 12.5 Å². The number of anilines is 1. The maximum atomic E-state index is 11.4. The van der Waals surface area contributed by atoms with Crippen LogP contribution >= 0.6 is 0 Å². The lowest BCUT2D eigenvalue weighted by Crippen LogP contribution is -2.25. The Morgan fingerprint density at radius 2 is 2.33 bits per heavy atom. The summed E-state index contributed by atoms with van der Waals surface area (Å²) in [5.41, 5.74) is 0.126. The monoisotopic (exact) mass is 256 g/mol. The first-order valence-corrected chi connectivity index (χ1v) is 6.06. The standard InChI is InChI=1S/C12H20N2O4/c1-4-17-11(16)10-7-18-12(14-10)13-9(6-15)5-8(2)3/h7-9,15H,4-6H2,1-3H3,(H,13,14). The topological polar surface area (TPSA) is 84.6 Å². The Kier molecular flexibility index (Phi) is 5.64. The van der Waals surface area contributed by atoms with Gasteiger partial charge in [0.05, 0.1) is 19.3 Å². The molecule has 0 spiro atoms. The number of rotatable bonds is 7. The van der Waals surface area contributed by atoms with Gasteiger partial charge >= 0.3 is 5.97 Å². The van der Waals surface area contributed by atoms with Gasteiger partial charge in [0.15, 0.2) is 5.69 Å². The van der Waals surface area contributed by atoms with Crippen LogP contribution in [0, 0.1) is 5.92 Å². The molecule has 6 nitrogen and oxygen atoms in total. The van der Waals surface area contributed by atoms with Crippen molar-refractivity contribution >= 4 is 12.0 Å². The quantitative estimate of drug-likeness (QED) is 0.722. The molecule has 1 atom stereocenters. The lowest BCUT2D eigenvalue weighted by atomic mass is 10.0. The van der Waals surface area contributed by atoms with E-state index >= 15 is 0 Å². The molecule has 0 aromatic carbocycles. The Hall–Kier alpha value is -1.56. The second kappa shape index (κ2) is 7.00. The largest absolute Gasteiger partial charge is 0.461 e. The van der Waals surface area contributed by atoms with Crippen LogP contribution in [0.25, 0.3) is 0 Å². The minimum atomic E-state index is -0.515. The summed E-state index contributed by atoms with van der Waals surface area (Å²) in [7, 11) is 0. The minimum absolute atomic E-state index is 0.0186. The van der Waals surface area contributed by atoms with Crippen molar-refractivity contribution in [3.05, 3.63) is 12.0 Å². The van der Waals surface area contributed by atoms with Gasteiger partial charge in [-0.05, 0) is 19.3 Å². The average Bonchev–Trinajstić information content (AvgIpc) is 2.76. The molecule has 1 unspecified atom stereocenters. The van der Waals surface area contributed by atoms with Crippen molar-refractivity contribution < 1.29 is 19.1 Å². The van der Waals surface area contributed by atoms with Gasteiger partial charge in [-0.25, -0.2) is 4.79 Å². The zero-order valence-corrected chi connectivity index (χ0v) is 11.0. The molecule has 0 aliphatic rings. The van der Waals surface area contributed by atoms with E-state index in [4.69, 9.17) is 9.15 Å². The molecule has 0 saturated heterocycles. The van der Waals surface area contributed by atoms with E-state index in [0.717, 1.165) is 6.42 Å². The van der Waals surface area contributed by atoms with E-state index in [9.17, 15) is 9.90 Å². The number of aromatic nitrogens is 1. The zero-order chi connectivity index (χ0) is 13.5. The molecular weight excluding hydrogens is 236 g/mol. The van der Waals surface area contributed by atoms with Gasteiger partial charge in [-0.3, -0.25) is 0 Å². The second-order valence-electron chi connectivity index (χ2n) is 4.41. The van der Waals surface area contributed by atoms with Crippen LogP contribution in [0.3, 0.4) is 0 Å². The first kappa shape index (κ1) is 14.5. The van der Waals surface area contributed by atoms with E-state index in [2.05, 4.69) is 24.1 Å². The number of aliphatic hydroxyl groups is 1. The lowest BCUT2D eigenvalue weighted by Gasteiger charge is -2.16. The molecule has 0 aliphatic heterocycles. The van der Waals surface area contributed by atoms with Crippen molar-refractivity contribution in [3.8, 4) is 0 Å². The van der Waals surface area contributed by atoms with E-state index < -0.39 is 5.97 Å². The van der Waals surface area contributed by atoms with Crippen LogP contribution in [0.15, 0.2) is 10.7 Å². The number of esters is 1. The number of oxazole rings is 1. The third kappa shape index (κ3) is 4.37. The number of nitrogens with one attached hydrogen (secondary N) is 1. The van der Waals surface area contributed by atoms with Crippen LogP contribution in [-0.4, -0.2) is 35.3 Å². The Morgan fingerprint density at radius 1 is 1.61 bits per heavy atom. The van der Waals surface area contributed by atoms with Crippen LogP contribution in [0.4, 0.5) is 6.01 Å². The Labute approximate surface area is 106 Å². The second-order valence-corrected chi connectivity index (χ2v) is 4.41. The highest BCUT2D eigenvalue weighted by Crippen LogP contribution is 2.13. The van der Waals surface area contributed by atoms with Crippen molar-refractivity contribution in [1.82, 2.24) is 4.98 Å². The number of carbonyl (C=O) groups excluding carboxylic acids is 1. The molecule has 1 aromatic rings. The number of hydrogen-bond donors (Lipinski definition) is 2. The van der Waals surface area contributed by atoms with E-state index in [1.165, 1.54) is 6.26 Å². The summed E-state index contributed by atoms with van der Waals surface area (Å²) >= 11 is 0. The molecular formula is C12H20N2O4. The third-order valence-corrected chi connectivity index (χ3v) is 2.29. The van der Waals surface area contributed by atoms with Crippen LogP contribution in [0.2, 0.25) is 0 Å². The molecule has 6 heteroatoms. The predicted octanol–water partition coefficient (Wildman–Crippen LogP) is 1.67. The van der Waals surface area contributed by atoms with Crippen LogP contribution in [-0.2, 0) is 4.74 Å². The van der Waals surface area contributed by atoms with Crippen LogP contribution in [0.5, 0.6) is 0 Å². The lowest BCUT2D eigenvalue weighted by molar-refractivity contribution is 0.0519. The summed E-state index contributed by atoms with van der Waals surface area (Å²) in [5, 5.41) is 12.2. The van der Waals surface area contributed by atoms with Crippen molar-refractivity contribution in [2.75, 3.05) is 18.5 Å². The zero-order valence-electron chi connectivity index (χ0n) is 11.0. The Bertz CT molecular complexity index is 376. The van der Waals surface area contributed by atoms with Crippen LogP contribution < -0.4 is 5.32 Å². The Balaban J connectivity index is 2.59. The van der Waals surface area contributed by atoms with Gasteiger partial charge in [-0.1, -0.05) is 13.8 Å². The number of carbonyl (C=O) groups is 1. The van der Waals surface area contributed by atoms with Gasteiger partial charge in [-0.15, -0.1) is 0 Å². The summed E-state index contributed by atoms with van der Waals surface area (Å²) in [6.45, 7) is 6.12. The maximum Gasteiger partial charge on any atom is 0.360 e. The summed E-state index contributed by atoms with van der Waals surface area (Å²) < 4.78 is 9.91. The molecule has 0 bridgehead atoms. The van der Waals surface area contributed by atoms with Crippen molar-refractivity contribution in [1.29, 1.82) is 0 Å². The van der Waals surface area contributed by atoms with E-state index in [1.54, 1.807) is 6.92 Å². The van der Waals surface area contributed by atoms with Gasteiger partial charge in [0, 0.05) is 0 Å². The molecule has 18 heavy (non-hydrogen) atoms. The molecule has 0 fully saturated rings. The molecule has 0 amide bonds. The van der Waals surface area contributed by atoms with Crippen molar-refractivity contribution in [2.45, 2.75) is 33.2 Å². The third-order valence-electron chi connectivity index (χ3n) is 2.29. The minimum Gasteiger partial charge on any atom is -0.461 e. The SMILES string of the molecule is CCOC(=O)c1coc(NC(CO)CC(C)C)n1. The molecule has 1 rings (SSSR count). The molecule has 0 saturated carbocycles. The summed E-state index contributed by atoms with van der Waals surface area (Å²) in [4.78, 5) is 15.3. The summed E-state index contributed by atoms with van der Waals surface area (Å²) in [5.74, 6) is -0.0761. The average molecular weight is 256 g/mol. The van der Waals surface area contributed by atoms with Gasteiger partial charge < -0.3 is 19.6 Å². The first-order valence-electron chi connectivity index (χ1n) is 6.06. The molecule has 0 aliphatic carbocycles. The van der Waals surface area contributed by atoms with Gasteiger partial charge in [-0.2, -0.15) is 4.98 Å². The first-order chi connectivity index (χ1) is 8.56. The van der Waals surface area contributed by atoms with E-state index in [1.807, 2.05) is 0 Å². The van der Waals surface area contributed by atoms with Crippen LogP contribution in [0.1, 0.15) is 37.7 Å².